The lowest BCUT2D eigenvalue weighted by atomic mass is 10.3. The minimum Gasteiger partial charge on any atom is -0.293 e. The Kier molecular flexibility index (Phi) is 2.45. The van der Waals surface area contributed by atoms with E-state index in [9.17, 15) is 0 Å². The first-order valence-corrected chi connectivity index (χ1v) is 4.10. The normalized spacial score (nSPS) is 9.30. The molecule has 0 aliphatic carbocycles. The van der Waals surface area contributed by atoms with Gasteiger partial charge in [-0.2, -0.15) is 0 Å². The molecule has 0 saturated carbocycles. The van der Waals surface area contributed by atoms with Crippen molar-refractivity contribution >= 4 is 16.8 Å². The predicted molar refractivity (Wildman–Crippen MR) is 44.6 cm³/mol. The van der Waals surface area contributed by atoms with Crippen molar-refractivity contribution in [1.82, 2.24) is 4.98 Å². The van der Waals surface area contributed by atoms with Crippen LogP contribution in [0.4, 0.5) is 0 Å². The largest absolute Gasteiger partial charge is 0.293 e. The zero-order chi connectivity index (χ0) is 7.40. The highest BCUT2D eigenvalue weighted by Crippen LogP contribution is 2.05. The highest BCUT2D eigenvalue weighted by molar-refractivity contribution is 8.13. The van der Waals surface area contributed by atoms with Crippen LogP contribution in [0.2, 0.25) is 0 Å². The topological polar surface area (TPSA) is 36.7 Å². The second kappa shape index (κ2) is 3.37. The Hall–Kier alpha value is -0.830. The molecular weight excluding hydrogens is 144 g/mol. The summed E-state index contributed by atoms with van der Waals surface area (Å²) in [4.78, 5) is 3.90. The zero-order valence-corrected chi connectivity index (χ0v) is 6.48. The molecule has 1 heterocycles. The second-order valence-corrected chi connectivity index (χ2v) is 2.59. The van der Waals surface area contributed by atoms with Gasteiger partial charge in [0.05, 0.1) is 5.04 Å². The number of thioether (sulfide) groups is 1. The quantitative estimate of drug-likeness (QED) is 0.492. The van der Waals surface area contributed by atoms with Crippen molar-refractivity contribution in [2.75, 3.05) is 6.26 Å². The minimum absolute atomic E-state index is 0.563. The number of pyridine rings is 1. The Labute approximate surface area is 64.2 Å². The lowest BCUT2D eigenvalue weighted by molar-refractivity contribution is 1.31. The van der Waals surface area contributed by atoms with Gasteiger partial charge in [0.1, 0.15) is 0 Å². The van der Waals surface area contributed by atoms with E-state index in [1.165, 1.54) is 11.8 Å². The monoisotopic (exact) mass is 152 g/mol. The van der Waals surface area contributed by atoms with Crippen LogP contribution in [-0.2, 0) is 0 Å². The number of nitrogens with zero attached hydrogens (tertiary/aromatic N) is 1. The maximum absolute atomic E-state index is 7.40. The van der Waals surface area contributed by atoms with Gasteiger partial charge in [-0.05, 0) is 18.4 Å². The van der Waals surface area contributed by atoms with Crippen molar-refractivity contribution in [3.63, 3.8) is 0 Å². The first-order chi connectivity index (χ1) is 4.84. The molecule has 0 spiro atoms. The van der Waals surface area contributed by atoms with Gasteiger partial charge in [-0.1, -0.05) is 0 Å². The van der Waals surface area contributed by atoms with Crippen molar-refractivity contribution < 1.29 is 0 Å². The molecule has 0 atom stereocenters. The van der Waals surface area contributed by atoms with E-state index in [-0.39, 0.29) is 0 Å². The SMILES string of the molecule is CSC(=N)c1cccnc1. The summed E-state index contributed by atoms with van der Waals surface area (Å²) in [6, 6.07) is 3.71. The Bertz CT molecular complexity index is 220. The van der Waals surface area contributed by atoms with Gasteiger partial charge >= 0.3 is 0 Å². The molecule has 1 N–H and O–H groups in total. The molecule has 0 radical (unpaired) electrons. The van der Waals surface area contributed by atoms with Gasteiger partial charge in [-0.15, -0.1) is 11.8 Å². The zero-order valence-electron chi connectivity index (χ0n) is 5.66. The molecule has 1 aromatic heterocycles. The van der Waals surface area contributed by atoms with Crippen molar-refractivity contribution in [2.24, 2.45) is 0 Å². The average molecular weight is 152 g/mol. The first-order valence-electron chi connectivity index (χ1n) is 2.87. The summed E-state index contributed by atoms with van der Waals surface area (Å²) in [6.07, 6.45) is 5.28. The van der Waals surface area contributed by atoms with Gasteiger partial charge in [-0.25, -0.2) is 0 Å². The maximum atomic E-state index is 7.40. The lowest BCUT2D eigenvalue weighted by Gasteiger charge is -1.96. The molecule has 2 nitrogen and oxygen atoms in total. The van der Waals surface area contributed by atoms with Crippen LogP contribution in [0.15, 0.2) is 24.5 Å². The third kappa shape index (κ3) is 1.57. The second-order valence-electron chi connectivity index (χ2n) is 1.77. The molecule has 3 heteroatoms. The van der Waals surface area contributed by atoms with E-state index in [1.54, 1.807) is 12.4 Å². The van der Waals surface area contributed by atoms with Crippen molar-refractivity contribution in [3.05, 3.63) is 30.1 Å². The third-order valence-corrected chi connectivity index (χ3v) is 1.77. The van der Waals surface area contributed by atoms with Crippen molar-refractivity contribution in [3.8, 4) is 0 Å². The molecule has 52 valence electrons. The number of rotatable bonds is 1. The van der Waals surface area contributed by atoms with Crippen LogP contribution >= 0.6 is 11.8 Å². The summed E-state index contributed by atoms with van der Waals surface area (Å²) in [6.45, 7) is 0. The molecule has 1 aromatic rings. The molecule has 0 aromatic carbocycles. The fraction of sp³-hybridized carbons (Fsp3) is 0.143. The lowest BCUT2D eigenvalue weighted by Crippen LogP contribution is -1.91. The van der Waals surface area contributed by atoms with Crippen LogP contribution in [0, 0.1) is 5.41 Å². The van der Waals surface area contributed by atoms with Gasteiger partial charge in [0.15, 0.2) is 0 Å². The van der Waals surface area contributed by atoms with E-state index in [0.29, 0.717) is 5.04 Å². The molecule has 0 fully saturated rings. The van der Waals surface area contributed by atoms with Crippen molar-refractivity contribution in [1.29, 1.82) is 5.41 Å². The molecule has 0 aliphatic rings. The van der Waals surface area contributed by atoms with Gasteiger partial charge in [0.25, 0.3) is 0 Å². The Morgan fingerprint density at radius 1 is 1.70 bits per heavy atom. The fourth-order valence-electron chi connectivity index (χ4n) is 0.615. The third-order valence-electron chi connectivity index (χ3n) is 1.13. The first kappa shape index (κ1) is 7.28. The van der Waals surface area contributed by atoms with E-state index in [4.69, 9.17) is 5.41 Å². The molecule has 0 amide bonds. The minimum atomic E-state index is 0.563. The van der Waals surface area contributed by atoms with Crippen LogP contribution < -0.4 is 0 Å². The molecule has 10 heavy (non-hydrogen) atoms. The van der Waals surface area contributed by atoms with Crippen LogP contribution in [0.1, 0.15) is 5.56 Å². The molecule has 0 saturated heterocycles. The summed E-state index contributed by atoms with van der Waals surface area (Å²) in [5.74, 6) is 0. The van der Waals surface area contributed by atoms with Crippen molar-refractivity contribution in [2.45, 2.75) is 0 Å². The number of nitrogens with one attached hydrogen (secondary N) is 1. The Morgan fingerprint density at radius 2 is 2.50 bits per heavy atom. The molecule has 0 unspecified atom stereocenters. The van der Waals surface area contributed by atoms with E-state index < -0.39 is 0 Å². The van der Waals surface area contributed by atoms with E-state index in [1.807, 2.05) is 18.4 Å². The van der Waals surface area contributed by atoms with Crippen LogP contribution in [0.25, 0.3) is 0 Å². The van der Waals surface area contributed by atoms with Crippen LogP contribution in [-0.4, -0.2) is 16.3 Å². The number of hydrogen-bond acceptors (Lipinski definition) is 3. The highest BCUT2D eigenvalue weighted by atomic mass is 32.2. The van der Waals surface area contributed by atoms with Crippen LogP contribution in [0.5, 0.6) is 0 Å². The predicted octanol–water partition coefficient (Wildman–Crippen LogP) is 1.77. The molecule has 0 aliphatic heterocycles. The smallest absolute Gasteiger partial charge is 0.0955 e. The number of hydrogen-bond donors (Lipinski definition) is 1. The van der Waals surface area contributed by atoms with E-state index >= 15 is 0 Å². The van der Waals surface area contributed by atoms with Crippen LogP contribution in [0.3, 0.4) is 0 Å². The van der Waals surface area contributed by atoms with Gasteiger partial charge in [-0.3, -0.25) is 10.4 Å². The fourth-order valence-corrected chi connectivity index (χ4v) is 0.971. The van der Waals surface area contributed by atoms with Gasteiger partial charge < -0.3 is 0 Å². The molecule has 1 rings (SSSR count). The standard InChI is InChI=1S/C7H8N2S/c1-10-7(8)6-3-2-4-9-5-6/h2-5,8H,1H3. The summed E-state index contributed by atoms with van der Waals surface area (Å²) < 4.78 is 0. The van der Waals surface area contributed by atoms with E-state index in [0.717, 1.165) is 5.56 Å². The maximum Gasteiger partial charge on any atom is 0.0955 e. The Morgan fingerprint density at radius 3 is 3.00 bits per heavy atom. The highest BCUT2D eigenvalue weighted by Gasteiger charge is 1.95. The Balaban J connectivity index is 2.85. The number of aromatic nitrogens is 1. The summed E-state index contributed by atoms with van der Waals surface area (Å²) in [7, 11) is 0. The summed E-state index contributed by atoms with van der Waals surface area (Å²) in [5.41, 5.74) is 0.884. The van der Waals surface area contributed by atoms with Gasteiger partial charge in [0.2, 0.25) is 0 Å². The van der Waals surface area contributed by atoms with Gasteiger partial charge in [0, 0.05) is 18.0 Å². The molecular formula is C7H8N2S. The average Bonchev–Trinajstić information content (AvgIpc) is 2.05. The summed E-state index contributed by atoms with van der Waals surface area (Å²) >= 11 is 1.42. The van der Waals surface area contributed by atoms with E-state index in [2.05, 4.69) is 4.98 Å². The summed E-state index contributed by atoms with van der Waals surface area (Å²) in [5, 5.41) is 7.96. The molecule has 0 bridgehead atoms.